The number of ether oxygens (including phenoxy) is 2. The molecule has 1 aromatic carbocycles. The molecular weight excluding hydrogens is 382 g/mol. The molecule has 2 aliphatic rings. The van der Waals surface area contributed by atoms with Gasteiger partial charge in [-0.25, -0.2) is 0 Å². The number of benzene rings is 1. The molecule has 2 fully saturated rings. The van der Waals surface area contributed by atoms with Crippen molar-refractivity contribution in [2.24, 2.45) is 4.99 Å². The molecule has 2 heterocycles. The number of guanidine groups is 1. The van der Waals surface area contributed by atoms with Crippen LogP contribution in [0.25, 0.3) is 0 Å². The minimum Gasteiger partial charge on any atom is -0.379 e. The van der Waals surface area contributed by atoms with Crippen molar-refractivity contribution in [3.8, 4) is 0 Å². The predicted octanol–water partition coefficient (Wildman–Crippen LogP) is 1.09. The highest BCUT2D eigenvalue weighted by atomic mass is 16.5. The van der Waals surface area contributed by atoms with E-state index in [0.717, 1.165) is 58.6 Å². The molecule has 2 N–H and O–H groups in total. The molecular formula is C22H35N5O3. The van der Waals surface area contributed by atoms with Gasteiger partial charge in [-0.15, -0.1) is 0 Å². The van der Waals surface area contributed by atoms with Gasteiger partial charge in [0.2, 0.25) is 5.91 Å². The average molecular weight is 418 g/mol. The number of carbonyl (C=O) groups excluding carboxylic acids is 1. The van der Waals surface area contributed by atoms with Crippen molar-refractivity contribution in [3.05, 3.63) is 30.3 Å². The summed E-state index contributed by atoms with van der Waals surface area (Å²) in [6.07, 6.45) is 3.39. The Bertz CT molecular complexity index is 656. The van der Waals surface area contributed by atoms with Gasteiger partial charge in [0.15, 0.2) is 5.96 Å². The van der Waals surface area contributed by atoms with Crippen molar-refractivity contribution in [1.29, 1.82) is 0 Å². The summed E-state index contributed by atoms with van der Waals surface area (Å²) in [5, 5.41) is 6.35. The summed E-state index contributed by atoms with van der Waals surface area (Å²) in [4.78, 5) is 21.0. The van der Waals surface area contributed by atoms with Crippen LogP contribution < -0.4 is 15.5 Å². The maximum atomic E-state index is 12.5. The van der Waals surface area contributed by atoms with E-state index in [4.69, 9.17) is 9.47 Å². The molecule has 30 heavy (non-hydrogen) atoms. The van der Waals surface area contributed by atoms with Crippen LogP contribution in [0.1, 0.15) is 19.3 Å². The quantitative estimate of drug-likeness (QED) is 0.356. The zero-order chi connectivity index (χ0) is 21.0. The number of amides is 1. The van der Waals surface area contributed by atoms with Gasteiger partial charge in [0, 0.05) is 58.7 Å². The van der Waals surface area contributed by atoms with Crippen molar-refractivity contribution in [2.75, 3.05) is 71.0 Å². The Balaban J connectivity index is 1.26. The smallest absolute Gasteiger partial charge is 0.242 e. The van der Waals surface area contributed by atoms with E-state index >= 15 is 0 Å². The Morgan fingerprint density at radius 2 is 2.00 bits per heavy atom. The second kappa shape index (κ2) is 12.4. The summed E-state index contributed by atoms with van der Waals surface area (Å²) >= 11 is 0. The zero-order valence-electron chi connectivity index (χ0n) is 18.0. The van der Waals surface area contributed by atoms with E-state index in [-0.39, 0.29) is 18.6 Å². The molecule has 1 unspecified atom stereocenters. The van der Waals surface area contributed by atoms with Crippen LogP contribution in [0, 0.1) is 0 Å². The number of hydrogen-bond donors (Lipinski definition) is 2. The third-order valence-corrected chi connectivity index (χ3v) is 5.47. The molecule has 0 radical (unpaired) electrons. The molecule has 0 saturated carbocycles. The third kappa shape index (κ3) is 7.18. The number of nitrogens with zero attached hydrogens (tertiary/aromatic N) is 3. The monoisotopic (exact) mass is 417 g/mol. The molecule has 1 atom stereocenters. The van der Waals surface area contributed by atoms with Crippen LogP contribution in [0.2, 0.25) is 0 Å². The van der Waals surface area contributed by atoms with Crippen LogP contribution in [-0.4, -0.2) is 89.0 Å². The minimum absolute atomic E-state index is 0.102. The van der Waals surface area contributed by atoms with Crippen LogP contribution in [-0.2, 0) is 14.3 Å². The molecule has 0 bridgehead atoms. The molecule has 0 spiro atoms. The summed E-state index contributed by atoms with van der Waals surface area (Å²) in [5.74, 6) is 0.746. The van der Waals surface area contributed by atoms with E-state index in [0.29, 0.717) is 19.2 Å². The van der Waals surface area contributed by atoms with E-state index in [1.165, 1.54) is 5.69 Å². The summed E-state index contributed by atoms with van der Waals surface area (Å²) in [7, 11) is 1.71. The lowest BCUT2D eigenvalue weighted by atomic mass is 10.2. The highest BCUT2D eigenvalue weighted by Crippen LogP contribution is 2.15. The number of rotatable bonds is 9. The van der Waals surface area contributed by atoms with E-state index in [1.54, 1.807) is 7.05 Å². The maximum absolute atomic E-state index is 12.5. The minimum atomic E-state index is 0.102. The summed E-state index contributed by atoms with van der Waals surface area (Å²) < 4.78 is 11.2. The number of piperazine rings is 1. The molecule has 0 aromatic heterocycles. The van der Waals surface area contributed by atoms with Gasteiger partial charge < -0.3 is 29.9 Å². The lowest BCUT2D eigenvalue weighted by molar-refractivity contribution is -0.130. The molecule has 8 nitrogen and oxygen atoms in total. The topological polar surface area (TPSA) is 78.4 Å². The number of para-hydroxylation sites is 1. The fourth-order valence-electron chi connectivity index (χ4n) is 3.72. The fraction of sp³-hybridized carbons (Fsp3) is 0.636. The second-order valence-corrected chi connectivity index (χ2v) is 7.62. The Hall–Kier alpha value is -2.32. The second-order valence-electron chi connectivity index (χ2n) is 7.62. The number of aliphatic imine (C=N–C) groups is 1. The molecule has 1 aromatic rings. The Labute approximate surface area is 179 Å². The first-order valence-corrected chi connectivity index (χ1v) is 11.0. The molecule has 2 saturated heterocycles. The first-order chi connectivity index (χ1) is 14.8. The van der Waals surface area contributed by atoms with Crippen molar-refractivity contribution >= 4 is 17.6 Å². The fourth-order valence-corrected chi connectivity index (χ4v) is 3.72. The lowest BCUT2D eigenvalue weighted by Crippen LogP contribution is -2.52. The third-order valence-electron chi connectivity index (χ3n) is 5.47. The SMILES string of the molecule is CN=C(NCCCOCC1CCCO1)NCC(=O)N1CCN(c2ccccc2)CC1. The largest absolute Gasteiger partial charge is 0.379 e. The Morgan fingerprint density at radius 3 is 2.70 bits per heavy atom. The van der Waals surface area contributed by atoms with E-state index in [9.17, 15) is 4.79 Å². The molecule has 1 amide bonds. The predicted molar refractivity (Wildman–Crippen MR) is 119 cm³/mol. The van der Waals surface area contributed by atoms with Gasteiger partial charge >= 0.3 is 0 Å². The lowest BCUT2D eigenvalue weighted by Gasteiger charge is -2.36. The van der Waals surface area contributed by atoms with Crippen molar-refractivity contribution in [2.45, 2.75) is 25.4 Å². The van der Waals surface area contributed by atoms with Gasteiger partial charge in [0.05, 0.1) is 19.3 Å². The standard InChI is InChI=1S/C22H35N5O3/c1-23-22(24-10-6-15-29-18-20-9-5-16-30-20)25-17-21(28)27-13-11-26(12-14-27)19-7-3-2-4-8-19/h2-4,7-8,20H,5-6,9-18H2,1H3,(H2,23,24,25). The van der Waals surface area contributed by atoms with E-state index < -0.39 is 0 Å². The van der Waals surface area contributed by atoms with E-state index in [1.807, 2.05) is 23.1 Å². The maximum Gasteiger partial charge on any atom is 0.242 e. The normalized spacial score (nSPS) is 19.8. The Morgan fingerprint density at radius 1 is 1.20 bits per heavy atom. The number of anilines is 1. The zero-order valence-corrected chi connectivity index (χ0v) is 18.0. The summed E-state index contributed by atoms with van der Waals surface area (Å²) in [6, 6.07) is 10.3. The molecule has 166 valence electrons. The number of hydrogen-bond acceptors (Lipinski definition) is 5. The Kier molecular flexibility index (Phi) is 9.24. The molecule has 8 heteroatoms. The highest BCUT2D eigenvalue weighted by Gasteiger charge is 2.21. The molecule has 2 aliphatic heterocycles. The first kappa shape index (κ1) is 22.4. The van der Waals surface area contributed by atoms with Crippen LogP contribution in [0.3, 0.4) is 0 Å². The summed E-state index contributed by atoms with van der Waals surface area (Å²) in [6.45, 7) is 6.42. The van der Waals surface area contributed by atoms with Gasteiger partial charge in [-0.1, -0.05) is 18.2 Å². The molecule has 0 aliphatic carbocycles. The van der Waals surface area contributed by atoms with Crippen LogP contribution in [0.15, 0.2) is 35.3 Å². The van der Waals surface area contributed by atoms with Crippen molar-refractivity contribution < 1.29 is 14.3 Å². The molecule has 3 rings (SSSR count). The highest BCUT2D eigenvalue weighted by molar-refractivity contribution is 5.86. The first-order valence-electron chi connectivity index (χ1n) is 11.0. The van der Waals surface area contributed by atoms with Crippen LogP contribution >= 0.6 is 0 Å². The van der Waals surface area contributed by atoms with Gasteiger partial charge in [-0.05, 0) is 31.4 Å². The van der Waals surface area contributed by atoms with Crippen molar-refractivity contribution in [3.63, 3.8) is 0 Å². The van der Waals surface area contributed by atoms with E-state index in [2.05, 4.69) is 32.7 Å². The van der Waals surface area contributed by atoms with Crippen LogP contribution in [0.5, 0.6) is 0 Å². The van der Waals surface area contributed by atoms with Gasteiger partial charge in [0.25, 0.3) is 0 Å². The van der Waals surface area contributed by atoms with Gasteiger partial charge in [-0.3, -0.25) is 9.79 Å². The van der Waals surface area contributed by atoms with Gasteiger partial charge in [0.1, 0.15) is 0 Å². The number of nitrogens with one attached hydrogen (secondary N) is 2. The average Bonchev–Trinajstić information content (AvgIpc) is 3.32. The summed E-state index contributed by atoms with van der Waals surface area (Å²) in [5.41, 5.74) is 1.21. The number of carbonyl (C=O) groups is 1. The van der Waals surface area contributed by atoms with Crippen molar-refractivity contribution in [1.82, 2.24) is 15.5 Å². The van der Waals surface area contributed by atoms with Gasteiger partial charge in [-0.2, -0.15) is 0 Å². The van der Waals surface area contributed by atoms with Crippen LogP contribution in [0.4, 0.5) is 5.69 Å².